The van der Waals surface area contributed by atoms with Gasteiger partial charge in [-0.3, -0.25) is 9.59 Å². The third kappa shape index (κ3) is 11.5. The second-order valence-electron chi connectivity index (χ2n) is 14.8. The molecule has 2 amide bonds. The minimum absolute atomic E-state index is 0.151. The van der Waals surface area contributed by atoms with Crippen LogP contribution in [0.1, 0.15) is 102 Å². The summed E-state index contributed by atoms with van der Waals surface area (Å²) in [5.41, 5.74) is 8.59. The lowest BCUT2D eigenvalue weighted by Crippen LogP contribution is -2.67. The van der Waals surface area contributed by atoms with Gasteiger partial charge in [0, 0.05) is 31.3 Å². The Morgan fingerprint density at radius 3 is 2.19 bits per heavy atom. The van der Waals surface area contributed by atoms with Gasteiger partial charge in [-0.1, -0.05) is 76.1 Å². The number of methoxy groups -OCH3 is 2. The number of hydrogen-bond acceptors (Lipinski definition) is 7. The third-order valence-corrected chi connectivity index (χ3v) is 10.5. The van der Waals surface area contributed by atoms with Gasteiger partial charge in [-0.2, -0.15) is 0 Å². The van der Waals surface area contributed by atoms with Crippen molar-refractivity contribution >= 4 is 11.8 Å². The first-order valence-electron chi connectivity index (χ1n) is 19.7. The first-order valence-corrected chi connectivity index (χ1v) is 19.7. The molecule has 0 spiro atoms. The molecule has 3 aromatic carbocycles. The van der Waals surface area contributed by atoms with Crippen molar-refractivity contribution in [3.63, 3.8) is 0 Å². The van der Waals surface area contributed by atoms with Crippen LogP contribution in [0.4, 0.5) is 0 Å². The number of nitrogens with two attached hydrogens (primary N) is 1. The van der Waals surface area contributed by atoms with Crippen molar-refractivity contribution in [2.45, 2.75) is 103 Å². The van der Waals surface area contributed by atoms with Gasteiger partial charge in [0.25, 0.3) is 0 Å². The van der Waals surface area contributed by atoms with E-state index in [-0.39, 0.29) is 17.7 Å². The number of carbonyl (C=O) groups is 2. The smallest absolute Gasteiger partial charge is 0.246 e. The lowest BCUT2D eigenvalue weighted by atomic mass is 9.82. The molecule has 3 N–H and O–H groups in total. The number of likely N-dealkylation sites (tertiary alicyclic amines) is 1. The van der Waals surface area contributed by atoms with Gasteiger partial charge >= 0.3 is 0 Å². The molecule has 1 aliphatic rings. The van der Waals surface area contributed by atoms with Crippen LogP contribution in [0.25, 0.3) is 0 Å². The number of hydrogen-bond donors (Lipinski definition) is 2. The van der Waals surface area contributed by atoms with E-state index in [0.717, 1.165) is 55.8 Å². The van der Waals surface area contributed by atoms with Gasteiger partial charge in [0.1, 0.15) is 22.8 Å². The molecule has 0 bridgehead atoms. The highest BCUT2D eigenvalue weighted by Gasteiger charge is 2.49. The van der Waals surface area contributed by atoms with E-state index in [0.29, 0.717) is 43.9 Å². The minimum Gasteiger partial charge on any atom is -0.497 e. The number of piperidine rings is 1. The second kappa shape index (κ2) is 21.0. The molecular formula is C44H64N4O5. The minimum atomic E-state index is -1.06. The Hall–Kier alpha value is -4.08. The maximum absolute atomic E-state index is 15.1. The van der Waals surface area contributed by atoms with E-state index in [1.807, 2.05) is 54.3 Å². The first kappa shape index (κ1) is 41.7. The van der Waals surface area contributed by atoms with Crippen LogP contribution in [-0.4, -0.2) is 80.2 Å². The SMILES string of the molecule is CCCN(C(=O)[C@@H](N)CC(C)C)C1(C(=O)NC(c2ccc(OCC)cc2)c2ccc(OC)cc2OC)CCN(CCCCCCc2ccccc2)CC1. The van der Waals surface area contributed by atoms with Gasteiger partial charge in [-0.15, -0.1) is 0 Å². The van der Waals surface area contributed by atoms with Crippen LogP contribution < -0.4 is 25.3 Å². The number of nitrogens with one attached hydrogen (secondary N) is 1. The van der Waals surface area contributed by atoms with Crippen LogP contribution in [0, 0.1) is 5.92 Å². The quantitative estimate of drug-likeness (QED) is 0.109. The Morgan fingerprint density at radius 1 is 0.887 bits per heavy atom. The van der Waals surface area contributed by atoms with E-state index in [9.17, 15) is 4.79 Å². The summed E-state index contributed by atoms with van der Waals surface area (Å²) in [6.07, 6.45) is 8.13. The van der Waals surface area contributed by atoms with Crippen molar-refractivity contribution < 1.29 is 23.8 Å². The molecule has 1 fully saturated rings. The second-order valence-corrected chi connectivity index (χ2v) is 14.8. The van der Waals surface area contributed by atoms with E-state index in [1.165, 1.54) is 24.8 Å². The Morgan fingerprint density at radius 2 is 1.57 bits per heavy atom. The number of amides is 2. The maximum Gasteiger partial charge on any atom is 0.246 e. The van der Waals surface area contributed by atoms with Crippen LogP contribution in [-0.2, 0) is 16.0 Å². The molecule has 290 valence electrons. The molecule has 2 atom stereocenters. The molecule has 1 heterocycles. The third-order valence-electron chi connectivity index (χ3n) is 10.5. The van der Waals surface area contributed by atoms with Gasteiger partial charge in [0.05, 0.1) is 32.9 Å². The summed E-state index contributed by atoms with van der Waals surface area (Å²) < 4.78 is 17.1. The zero-order chi connectivity index (χ0) is 38.2. The van der Waals surface area contributed by atoms with Crippen molar-refractivity contribution in [1.29, 1.82) is 0 Å². The number of nitrogens with zero attached hydrogens (tertiary/aromatic N) is 2. The number of unbranched alkanes of at least 4 members (excludes halogenated alkanes) is 3. The van der Waals surface area contributed by atoms with Crippen LogP contribution in [0.2, 0.25) is 0 Å². The van der Waals surface area contributed by atoms with Gasteiger partial charge in [0.2, 0.25) is 11.8 Å². The highest BCUT2D eigenvalue weighted by Crippen LogP contribution is 2.37. The zero-order valence-electron chi connectivity index (χ0n) is 33.1. The molecule has 3 aromatic rings. The summed E-state index contributed by atoms with van der Waals surface area (Å²) >= 11 is 0. The molecule has 0 aliphatic carbocycles. The number of aryl methyl sites for hydroxylation is 1. The fourth-order valence-corrected chi connectivity index (χ4v) is 7.58. The largest absolute Gasteiger partial charge is 0.497 e. The lowest BCUT2D eigenvalue weighted by Gasteiger charge is -2.48. The van der Waals surface area contributed by atoms with Gasteiger partial charge in [-0.05, 0) is 99.7 Å². The van der Waals surface area contributed by atoms with Crippen LogP contribution in [0.3, 0.4) is 0 Å². The molecular weight excluding hydrogens is 665 g/mol. The average molecular weight is 729 g/mol. The molecule has 1 unspecified atom stereocenters. The van der Waals surface area contributed by atoms with Crippen LogP contribution >= 0.6 is 0 Å². The predicted octanol–water partition coefficient (Wildman–Crippen LogP) is 7.56. The van der Waals surface area contributed by atoms with Gasteiger partial charge < -0.3 is 35.1 Å². The van der Waals surface area contributed by atoms with E-state index >= 15 is 4.79 Å². The average Bonchev–Trinajstić information content (AvgIpc) is 3.17. The molecule has 1 aliphatic heterocycles. The number of rotatable bonds is 21. The normalized spacial score (nSPS) is 15.4. The fourth-order valence-electron chi connectivity index (χ4n) is 7.58. The van der Waals surface area contributed by atoms with Gasteiger partial charge in [0.15, 0.2) is 0 Å². The van der Waals surface area contributed by atoms with Crippen molar-refractivity contribution in [2.75, 3.05) is 47.0 Å². The summed E-state index contributed by atoms with van der Waals surface area (Å²) in [4.78, 5) is 33.7. The van der Waals surface area contributed by atoms with Crippen LogP contribution in [0.5, 0.6) is 17.2 Å². The Bertz CT molecular complexity index is 1540. The highest BCUT2D eigenvalue weighted by atomic mass is 16.5. The summed E-state index contributed by atoms with van der Waals surface area (Å²) in [6.45, 7) is 11.6. The van der Waals surface area contributed by atoms with Crippen LogP contribution in [0.15, 0.2) is 72.8 Å². The molecule has 0 saturated carbocycles. The summed E-state index contributed by atoms with van der Waals surface area (Å²) in [6, 6.07) is 22.9. The Balaban J connectivity index is 1.60. The molecule has 53 heavy (non-hydrogen) atoms. The number of benzene rings is 3. The zero-order valence-corrected chi connectivity index (χ0v) is 33.1. The highest BCUT2D eigenvalue weighted by molar-refractivity contribution is 5.93. The topological polar surface area (TPSA) is 106 Å². The summed E-state index contributed by atoms with van der Waals surface area (Å²) in [5.74, 6) is 1.93. The predicted molar refractivity (Wildman–Crippen MR) is 214 cm³/mol. The molecule has 4 rings (SSSR count). The number of ether oxygens (including phenoxy) is 3. The molecule has 9 heteroatoms. The van der Waals surface area contributed by atoms with E-state index in [1.54, 1.807) is 14.2 Å². The number of carbonyl (C=O) groups excluding carboxylic acids is 2. The Kier molecular flexibility index (Phi) is 16.5. The van der Waals surface area contributed by atoms with Crippen molar-refractivity contribution in [2.24, 2.45) is 11.7 Å². The van der Waals surface area contributed by atoms with Crippen molar-refractivity contribution in [3.05, 3.63) is 89.5 Å². The monoisotopic (exact) mass is 728 g/mol. The van der Waals surface area contributed by atoms with Crippen molar-refractivity contribution in [3.8, 4) is 17.2 Å². The standard InChI is InChI=1S/C44H64N4O5/c1-7-27-48(42(49)39(45)31-33(3)4)44(25-29-47(30-26-44)28-15-10-9-12-16-34-17-13-11-14-18-34)43(50)46-41(35-19-21-36(22-20-35)53-8-2)38-24-23-37(51-5)32-40(38)52-6/h11,13-14,17-24,32-33,39,41H,7-10,12,15-16,25-31,45H2,1-6H3,(H,46,50)/t39-,41?/m0/s1. The summed E-state index contributed by atoms with van der Waals surface area (Å²) in [5, 5.41) is 3.44. The molecule has 1 saturated heterocycles. The first-order chi connectivity index (χ1) is 25.6. The summed E-state index contributed by atoms with van der Waals surface area (Å²) in [7, 11) is 3.24. The lowest BCUT2D eigenvalue weighted by molar-refractivity contribution is -0.153. The van der Waals surface area contributed by atoms with E-state index in [4.69, 9.17) is 19.9 Å². The molecule has 9 nitrogen and oxygen atoms in total. The van der Waals surface area contributed by atoms with Crippen molar-refractivity contribution in [1.82, 2.24) is 15.1 Å². The van der Waals surface area contributed by atoms with E-state index < -0.39 is 17.6 Å². The maximum atomic E-state index is 15.1. The Labute approximate surface area is 318 Å². The molecule has 0 aromatic heterocycles. The molecule has 0 radical (unpaired) electrons. The van der Waals surface area contributed by atoms with Gasteiger partial charge in [-0.25, -0.2) is 0 Å². The van der Waals surface area contributed by atoms with E-state index in [2.05, 4.69) is 61.3 Å². The fraction of sp³-hybridized carbons (Fsp3) is 0.545.